The van der Waals surface area contributed by atoms with Crippen LogP contribution in [0.25, 0.3) is 0 Å². The summed E-state index contributed by atoms with van der Waals surface area (Å²) in [6.07, 6.45) is -0.129. The molecular formula is C15H33O9Y. The van der Waals surface area contributed by atoms with Crippen LogP contribution in [-0.4, -0.2) is 59.5 Å². The summed E-state index contributed by atoms with van der Waals surface area (Å²) in [5.41, 5.74) is 0. The molecule has 0 spiro atoms. The molecule has 0 bridgehead atoms. The summed E-state index contributed by atoms with van der Waals surface area (Å²) in [6.45, 7) is 5.96. The van der Waals surface area contributed by atoms with E-state index in [0.717, 1.165) is 0 Å². The van der Waals surface area contributed by atoms with Crippen LogP contribution >= 0.6 is 0 Å². The van der Waals surface area contributed by atoms with Crippen LogP contribution in [0.5, 0.6) is 0 Å². The van der Waals surface area contributed by atoms with Crippen molar-refractivity contribution in [2.24, 2.45) is 0 Å². The molecule has 10 heteroatoms. The molecule has 0 heterocycles. The minimum absolute atomic E-state index is 0. The largest absolute Gasteiger partial charge is 3.00 e. The van der Waals surface area contributed by atoms with Gasteiger partial charge < -0.3 is 15.3 Å². The molecule has 0 fully saturated rings. The van der Waals surface area contributed by atoms with Gasteiger partial charge in [0.1, 0.15) is 0 Å². The van der Waals surface area contributed by atoms with Crippen LogP contribution < -0.4 is 15.3 Å². The Morgan fingerprint density at radius 3 is 0.880 bits per heavy atom. The molecule has 0 N–H and O–H groups in total. The number of hydrogen-bond donors (Lipinski definition) is 0. The van der Waals surface area contributed by atoms with Crippen molar-refractivity contribution in [2.45, 2.75) is 58.3 Å². The van der Waals surface area contributed by atoms with Crippen molar-refractivity contribution in [3.8, 4) is 0 Å². The third kappa shape index (κ3) is 51.6. The second-order valence-corrected chi connectivity index (χ2v) is 4.76. The van der Waals surface area contributed by atoms with Gasteiger partial charge in [0.2, 0.25) is 0 Å². The molecule has 0 aromatic carbocycles. The number of rotatable bonds is 12. The van der Waals surface area contributed by atoms with Crippen molar-refractivity contribution in [1.82, 2.24) is 0 Å². The van der Waals surface area contributed by atoms with Gasteiger partial charge in [-0.05, 0) is 19.3 Å². The van der Waals surface area contributed by atoms with E-state index in [1.54, 1.807) is 20.8 Å². The Bertz CT molecular complexity index is 174. The molecule has 0 aliphatic rings. The quantitative estimate of drug-likeness (QED) is 0.213. The predicted molar refractivity (Wildman–Crippen MR) is 81.1 cm³/mol. The molecular weight excluding hydrogens is 413 g/mol. The SMILES string of the molecule is COOCCC(C)[O-].COOCCC(C)[O-].COOCCC(C)[O-].[Y+3]. The summed E-state index contributed by atoms with van der Waals surface area (Å²) in [5, 5.41) is 30.8. The van der Waals surface area contributed by atoms with Crippen LogP contribution in [0.3, 0.4) is 0 Å². The minimum atomic E-state index is -0.551. The van der Waals surface area contributed by atoms with E-state index in [2.05, 4.69) is 29.3 Å². The maximum absolute atomic E-state index is 10.3. The molecule has 3 unspecified atom stereocenters. The van der Waals surface area contributed by atoms with E-state index < -0.39 is 18.3 Å². The first-order chi connectivity index (χ1) is 11.3. The van der Waals surface area contributed by atoms with Gasteiger partial charge in [-0.1, -0.05) is 20.8 Å². The standard InChI is InChI=1S/3C5H11O3.Y/c3*1-5(6)3-4-8-7-2;/h3*5H,3-4H2,1-2H3;/q3*-1;+3. The molecule has 0 aliphatic heterocycles. The van der Waals surface area contributed by atoms with Crippen LogP contribution in [0.2, 0.25) is 0 Å². The summed E-state index contributed by atoms with van der Waals surface area (Å²) < 4.78 is 0. The maximum atomic E-state index is 10.3. The van der Waals surface area contributed by atoms with Crippen molar-refractivity contribution in [1.29, 1.82) is 0 Å². The van der Waals surface area contributed by atoms with E-state index in [4.69, 9.17) is 0 Å². The summed E-state index contributed by atoms with van der Waals surface area (Å²) in [5.74, 6) is 0. The zero-order chi connectivity index (χ0) is 19.2. The molecule has 0 aliphatic carbocycles. The molecule has 25 heavy (non-hydrogen) atoms. The molecule has 0 aromatic rings. The first-order valence-electron chi connectivity index (χ1n) is 7.75. The molecule has 9 nitrogen and oxygen atoms in total. The molecule has 0 rings (SSSR count). The molecule has 0 saturated carbocycles. The van der Waals surface area contributed by atoms with Crippen molar-refractivity contribution in [2.75, 3.05) is 41.2 Å². The fourth-order valence-electron chi connectivity index (χ4n) is 0.892. The van der Waals surface area contributed by atoms with Gasteiger partial charge in [-0.15, -0.1) is 18.3 Å². The molecule has 150 valence electrons. The fourth-order valence-corrected chi connectivity index (χ4v) is 0.892. The summed E-state index contributed by atoms with van der Waals surface area (Å²) in [6, 6.07) is 0. The van der Waals surface area contributed by atoms with Gasteiger partial charge in [-0.2, -0.15) is 0 Å². The van der Waals surface area contributed by atoms with Gasteiger partial charge >= 0.3 is 32.7 Å². The van der Waals surface area contributed by atoms with Crippen LogP contribution in [0.15, 0.2) is 0 Å². The summed E-state index contributed by atoms with van der Waals surface area (Å²) >= 11 is 0. The van der Waals surface area contributed by atoms with Gasteiger partial charge in [0, 0.05) is 0 Å². The van der Waals surface area contributed by atoms with Gasteiger partial charge in [-0.25, -0.2) is 29.3 Å². The van der Waals surface area contributed by atoms with Crippen LogP contribution in [-0.2, 0) is 62.0 Å². The van der Waals surface area contributed by atoms with Crippen molar-refractivity contribution in [3.63, 3.8) is 0 Å². The fraction of sp³-hybridized carbons (Fsp3) is 1.00. The summed E-state index contributed by atoms with van der Waals surface area (Å²) in [7, 11) is 4.28. The first kappa shape index (κ1) is 33.3. The molecule has 0 saturated heterocycles. The van der Waals surface area contributed by atoms with E-state index in [9.17, 15) is 15.3 Å². The Kier molecular flexibility index (Phi) is 39.3. The third-order valence-electron chi connectivity index (χ3n) is 2.18. The minimum Gasteiger partial charge on any atom is -0.852 e. The zero-order valence-electron chi connectivity index (χ0n) is 16.2. The molecule has 0 aromatic heterocycles. The maximum Gasteiger partial charge on any atom is 3.00 e. The Hall–Kier alpha value is 0.744. The molecule has 0 amide bonds. The smallest absolute Gasteiger partial charge is 0.852 e. The molecule has 0 radical (unpaired) electrons. The van der Waals surface area contributed by atoms with E-state index in [-0.39, 0.29) is 32.7 Å². The van der Waals surface area contributed by atoms with E-state index in [0.29, 0.717) is 39.1 Å². The molecule has 3 atom stereocenters. The van der Waals surface area contributed by atoms with Gasteiger partial charge in [0.05, 0.1) is 41.2 Å². The first-order valence-corrected chi connectivity index (χ1v) is 7.75. The zero-order valence-corrected chi connectivity index (χ0v) is 19.1. The normalized spacial score (nSPS) is 13.3. The van der Waals surface area contributed by atoms with E-state index in [1.165, 1.54) is 21.3 Å². The third-order valence-corrected chi connectivity index (χ3v) is 2.18. The van der Waals surface area contributed by atoms with E-state index in [1.807, 2.05) is 0 Å². The van der Waals surface area contributed by atoms with Crippen molar-refractivity contribution < 1.29 is 77.4 Å². The Labute approximate surface area is 176 Å². The van der Waals surface area contributed by atoms with E-state index >= 15 is 0 Å². The average molecular weight is 446 g/mol. The van der Waals surface area contributed by atoms with Gasteiger partial charge in [-0.3, -0.25) is 0 Å². The van der Waals surface area contributed by atoms with Crippen molar-refractivity contribution in [3.05, 3.63) is 0 Å². The van der Waals surface area contributed by atoms with Crippen LogP contribution in [0.1, 0.15) is 40.0 Å². The second kappa shape index (κ2) is 29.5. The Morgan fingerprint density at radius 1 is 0.560 bits per heavy atom. The van der Waals surface area contributed by atoms with Gasteiger partial charge in [0.25, 0.3) is 0 Å². The number of hydrogen-bond acceptors (Lipinski definition) is 9. The predicted octanol–water partition coefficient (Wildman–Crippen LogP) is -0.893. The van der Waals surface area contributed by atoms with Crippen LogP contribution in [0, 0.1) is 0 Å². The van der Waals surface area contributed by atoms with Crippen molar-refractivity contribution >= 4 is 0 Å². The Morgan fingerprint density at radius 2 is 0.760 bits per heavy atom. The second-order valence-electron chi connectivity index (χ2n) is 4.76. The summed E-state index contributed by atoms with van der Waals surface area (Å²) in [4.78, 5) is 26.1. The van der Waals surface area contributed by atoms with Gasteiger partial charge in [0.15, 0.2) is 0 Å². The average Bonchev–Trinajstić information content (AvgIpc) is 2.48. The topological polar surface area (TPSA) is 125 Å². The Balaban J connectivity index is -0.000000130. The monoisotopic (exact) mass is 446 g/mol. The van der Waals surface area contributed by atoms with Crippen LogP contribution in [0.4, 0.5) is 0 Å².